The van der Waals surface area contributed by atoms with E-state index in [1.54, 1.807) is 19.1 Å². The number of aryl methyl sites for hydroxylation is 2. The molecule has 5 N–H and O–H groups in total. The molecule has 14 heteroatoms. The molecule has 1 amide bonds. The van der Waals surface area contributed by atoms with E-state index < -0.39 is 57.6 Å². The van der Waals surface area contributed by atoms with Crippen LogP contribution in [0.15, 0.2) is 23.9 Å². The average molecular weight is 490 g/mol. The zero-order chi connectivity index (χ0) is 24.1. The van der Waals surface area contributed by atoms with E-state index in [9.17, 15) is 29.8 Å². The van der Waals surface area contributed by atoms with E-state index in [0.717, 1.165) is 16.7 Å². The monoisotopic (exact) mass is 490 g/mol. The summed E-state index contributed by atoms with van der Waals surface area (Å²) in [4.78, 5) is 12.5. The molecule has 1 fully saturated rings. The second-order valence-electron chi connectivity index (χ2n) is 7.99. The summed E-state index contributed by atoms with van der Waals surface area (Å²) in [6.07, 6.45) is -6.57. The predicted molar refractivity (Wildman–Crippen MR) is 107 cm³/mol. The summed E-state index contributed by atoms with van der Waals surface area (Å²) in [6, 6.07) is 3.58. The van der Waals surface area contributed by atoms with Gasteiger partial charge in [-0.15, -0.1) is 0 Å². The molecule has 182 valence electrons. The molecule has 0 bridgehead atoms. The first-order chi connectivity index (χ1) is 15.5. The lowest BCUT2D eigenvalue weighted by Gasteiger charge is -2.36. The van der Waals surface area contributed by atoms with Crippen molar-refractivity contribution in [3.63, 3.8) is 0 Å². The van der Waals surface area contributed by atoms with Crippen molar-refractivity contribution < 1.29 is 52.5 Å². The van der Waals surface area contributed by atoms with Gasteiger partial charge in [-0.05, 0) is 19.4 Å². The molecular formula is C19H24FN2O10P. The van der Waals surface area contributed by atoms with Gasteiger partial charge in [0.1, 0.15) is 24.6 Å². The van der Waals surface area contributed by atoms with Crippen molar-refractivity contribution in [1.82, 2.24) is 10.2 Å². The minimum atomic E-state index is -4.29. The quantitative estimate of drug-likeness (QED) is 0.343. The summed E-state index contributed by atoms with van der Waals surface area (Å²) in [5, 5.41) is 42.0. The van der Waals surface area contributed by atoms with Gasteiger partial charge in [0.2, 0.25) is 6.35 Å². The highest BCUT2D eigenvalue weighted by Crippen LogP contribution is 2.56. The molecule has 12 nitrogen and oxygen atoms in total. The fourth-order valence-electron chi connectivity index (χ4n) is 3.82. The number of carbonyl (C=O) groups excluding carboxylic acids is 1. The minimum absolute atomic E-state index is 0.114. The molecule has 0 aliphatic carbocycles. The summed E-state index contributed by atoms with van der Waals surface area (Å²) in [5.41, 5.74) is 2.05. The maximum Gasteiger partial charge on any atom is 0.530 e. The zero-order valence-corrected chi connectivity index (χ0v) is 18.6. The number of nitrogens with one attached hydrogen (secondary N) is 1. The van der Waals surface area contributed by atoms with Gasteiger partial charge in [0.05, 0.1) is 18.8 Å². The van der Waals surface area contributed by atoms with E-state index in [1.807, 2.05) is 6.92 Å². The molecule has 0 spiro atoms. The number of amides is 1. The molecule has 0 radical (unpaired) electrons. The van der Waals surface area contributed by atoms with Crippen molar-refractivity contribution in [2.24, 2.45) is 0 Å². The molecule has 0 aromatic heterocycles. The SMILES string of the molecule is Cc1cc(C)c2c(c1)COP(=O)(OC[C@@]1(F)O[C@@H](N3C=C(CO)C(=O)NC3O)[C@H](O)[C@@H]1O)O2. The molecule has 33 heavy (non-hydrogen) atoms. The third kappa shape index (κ3) is 4.38. The van der Waals surface area contributed by atoms with Crippen LogP contribution in [0, 0.1) is 13.8 Å². The Kier molecular flexibility index (Phi) is 6.27. The van der Waals surface area contributed by atoms with Gasteiger partial charge >= 0.3 is 7.82 Å². The highest BCUT2D eigenvalue weighted by Gasteiger charge is 2.59. The van der Waals surface area contributed by atoms with E-state index >= 15 is 4.39 Å². The summed E-state index contributed by atoms with van der Waals surface area (Å²) < 4.78 is 49.1. The van der Waals surface area contributed by atoms with Crippen molar-refractivity contribution >= 4 is 13.7 Å². The van der Waals surface area contributed by atoms with Crippen molar-refractivity contribution in [2.45, 2.75) is 51.1 Å². The first-order valence-corrected chi connectivity index (χ1v) is 11.4. The number of halogens is 1. The zero-order valence-electron chi connectivity index (χ0n) is 17.7. The van der Waals surface area contributed by atoms with Crippen molar-refractivity contribution in [3.8, 4) is 5.75 Å². The first-order valence-electron chi connectivity index (χ1n) is 9.96. The molecule has 1 saturated heterocycles. The number of benzene rings is 1. The molecular weight excluding hydrogens is 466 g/mol. The number of alkyl halides is 1. The van der Waals surface area contributed by atoms with Gasteiger partial charge in [0.15, 0.2) is 6.23 Å². The number of phosphoric acid groups is 1. The highest BCUT2D eigenvalue weighted by molar-refractivity contribution is 7.49. The summed E-state index contributed by atoms with van der Waals surface area (Å²) in [6.45, 7) is 1.64. The predicted octanol–water partition coefficient (Wildman–Crippen LogP) is -0.335. The number of aliphatic hydroxyl groups excluding tert-OH is 4. The molecule has 0 saturated carbocycles. The number of phosphoric ester groups is 1. The number of nitrogens with zero attached hydrogens (tertiary/aromatic N) is 1. The van der Waals surface area contributed by atoms with Crippen LogP contribution in [0.2, 0.25) is 0 Å². The Balaban J connectivity index is 1.49. The van der Waals surface area contributed by atoms with Gasteiger partial charge in [-0.25, -0.2) is 8.96 Å². The fraction of sp³-hybridized carbons (Fsp3) is 0.526. The number of aliphatic hydroxyl groups is 4. The van der Waals surface area contributed by atoms with Crippen molar-refractivity contribution in [1.29, 1.82) is 0 Å². The molecule has 4 rings (SSSR count). The van der Waals surface area contributed by atoms with Crippen LogP contribution in [-0.2, 0) is 29.8 Å². The smallest absolute Gasteiger partial charge is 0.403 e. The third-order valence-corrected chi connectivity index (χ3v) is 6.77. The normalized spacial score (nSPS) is 36.2. The molecule has 1 aromatic rings. The van der Waals surface area contributed by atoms with Crippen molar-refractivity contribution in [2.75, 3.05) is 13.2 Å². The van der Waals surface area contributed by atoms with E-state index in [2.05, 4.69) is 5.32 Å². The van der Waals surface area contributed by atoms with E-state index in [-0.39, 0.29) is 17.9 Å². The average Bonchev–Trinajstić information content (AvgIpc) is 2.98. The lowest BCUT2D eigenvalue weighted by Crippen LogP contribution is -2.56. The molecule has 3 heterocycles. The van der Waals surface area contributed by atoms with Gasteiger partial charge in [0.25, 0.3) is 11.8 Å². The first kappa shape index (κ1) is 24.0. The van der Waals surface area contributed by atoms with Gasteiger partial charge in [-0.2, -0.15) is 0 Å². The second-order valence-corrected chi connectivity index (χ2v) is 9.59. The Hall–Kier alpha value is -2.09. The van der Waals surface area contributed by atoms with E-state index in [4.69, 9.17) is 18.3 Å². The van der Waals surface area contributed by atoms with E-state index in [1.165, 1.54) is 0 Å². The number of hydrogen-bond donors (Lipinski definition) is 5. The fourth-order valence-corrected chi connectivity index (χ4v) is 5.12. The summed E-state index contributed by atoms with van der Waals surface area (Å²) in [5.74, 6) is -3.58. The summed E-state index contributed by atoms with van der Waals surface area (Å²) >= 11 is 0. The number of ether oxygens (including phenoxy) is 1. The minimum Gasteiger partial charge on any atom is -0.403 e. The molecule has 1 aromatic carbocycles. The van der Waals surface area contributed by atoms with Crippen LogP contribution < -0.4 is 9.84 Å². The lowest BCUT2D eigenvalue weighted by molar-refractivity contribution is -0.225. The molecule has 6 atom stereocenters. The van der Waals surface area contributed by atoms with Crippen molar-refractivity contribution in [3.05, 3.63) is 40.6 Å². The Labute approximate surface area is 187 Å². The van der Waals surface area contributed by atoms with Crippen LogP contribution in [0.25, 0.3) is 0 Å². The standard InChI is InChI=1S/C19H24FN2O10P/c1-9-3-10(2)14-11(4-9)7-29-33(28,32-14)30-8-19(20)15(25)13(24)17(31-19)22-5-12(6-23)16(26)21-18(22)27/h3-5,13,15,17-18,23-25,27H,6-8H2,1-2H3,(H,21,26)/t13-,15+,17-,18?,19-,33?/m1/s1. The Morgan fingerprint density at radius 1 is 1.33 bits per heavy atom. The van der Waals surface area contributed by atoms with Gasteiger partial charge < -0.3 is 39.9 Å². The Bertz CT molecular complexity index is 1040. The van der Waals surface area contributed by atoms with Crippen LogP contribution in [0.3, 0.4) is 0 Å². The van der Waals surface area contributed by atoms with Crippen LogP contribution in [0.4, 0.5) is 4.39 Å². The maximum atomic E-state index is 15.4. The highest BCUT2D eigenvalue weighted by atomic mass is 31.2. The Morgan fingerprint density at radius 3 is 2.76 bits per heavy atom. The second kappa shape index (κ2) is 8.60. The number of fused-ring (bicyclic) bond motifs is 1. The number of carbonyl (C=O) groups is 1. The molecule has 3 aliphatic rings. The largest absolute Gasteiger partial charge is 0.530 e. The summed E-state index contributed by atoms with van der Waals surface area (Å²) in [7, 11) is -4.29. The topological polar surface area (TPSA) is 167 Å². The van der Waals surface area contributed by atoms with E-state index in [0.29, 0.717) is 11.1 Å². The molecule has 2 unspecified atom stereocenters. The number of rotatable bonds is 5. The molecule has 3 aliphatic heterocycles. The Morgan fingerprint density at radius 2 is 2.06 bits per heavy atom. The maximum absolute atomic E-state index is 15.4. The van der Waals surface area contributed by atoms with Crippen LogP contribution >= 0.6 is 7.82 Å². The van der Waals surface area contributed by atoms with Gasteiger partial charge in [0, 0.05) is 11.8 Å². The lowest BCUT2D eigenvalue weighted by atomic mass is 10.1. The van der Waals surface area contributed by atoms with Gasteiger partial charge in [-0.1, -0.05) is 17.7 Å². The van der Waals surface area contributed by atoms with Gasteiger partial charge in [-0.3, -0.25) is 13.8 Å². The van der Waals surface area contributed by atoms with Crippen LogP contribution in [0.5, 0.6) is 5.75 Å². The van der Waals surface area contributed by atoms with Crippen LogP contribution in [0.1, 0.15) is 16.7 Å². The van der Waals surface area contributed by atoms with Crippen LogP contribution in [-0.4, -0.2) is 75.1 Å². The third-order valence-electron chi connectivity index (χ3n) is 5.47. The number of hydrogen-bond acceptors (Lipinski definition) is 11.